The molecule has 2 atom stereocenters. The predicted molar refractivity (Wildman–Crippen MR) is 95.3 cm³/mol. The Kier molecular flexibility index (Phi) is 5.76. The highest BCUT2D eigenvalue weighted by atomic mass is 35.5. The molecule has 2 fully saturated rings. The normalized spacial score (nSPS) is 26.5. The smallest absolute Gasteiger partial charge is 0.236 e. The summed E-state index contributed by atoms with van der Waals surface area (Å²) in [4.78, 5) is 19.1. The van der Waals surface area contributed by atoms with Crippen molar-refractivity contribution in [3.05, 3.63) is 34.9 Å². The van der Waals surface area contributed by atoms with Gasteiger partial charge in [0.15, 0.2) is 0 Å². The zero-order valence-electron chi connectivity index (χ0n) is 14.4. The lowest BCUT2D eigenvalue weighted by Crippen LogP contribution is -2.53. The van der Waals surface area contributed by atoms with E-state index in [2.05, 4.69) is 23.8 Å². The van der Waals surface area contributed by atoms with Crippen molar-refractivity contribution in [3.63, 3.8) is 0 Å². The van der Waals surface area contributed by atoms with E-state index in [0.717, 1.165) is 36.8 Å². The Hall–Kier alpha value is -1.14. The second-order valence-corrected chi connectivity index (χ2v) is 7.21. The number of rotatable bonds is 3. The van der Waals surface area contributed by atoms with Gasteiger partial charge < -0.3 is 14.5 Å². The molecule has 0 aliphatic carbocycles. The molecule has 2 heterocycles. The molecular weight excluding hydrogens is 326 g/mol. The van der Waals surface area contributed by atoms with Crippen LogP contribution in [0.25, 0.3) is 0 Å². The Balaban J connectivity index is 1.62. The monoisotopic (exact) mass is 351 g/mol. The Morgan fingerprint density at radius 3 is 2.67 bits per heavy atom. The van der Waals surface area contributed by atoms with E-state index in [1.165, 1.54) is 0 Å². The van der Waals surface area contributed by atoms with Gasteiger partial charge in [-0.25, -0.2) is 0 Å². The molecule has 1 aromatic rings. The maximum Gasteiger partial charge on any atom is 0.236 e. The summed E-state index contributed by atoms with van der Waals surface area (Å²) >= 11 is 6.30. The molecule has 0 unspecified atom stereocenters. The van der Waals surface area contributed by atoms with Gasteiger partial charge in [-0.05, 0) is 20.0 Å². The first kappa shape index (κ1) is 17.7. The lowest BCUT2D eigenvalue weighted by Gasteiger charge is -2.40. The first-order valence-corrected chi connectivity index (χ1v) is 8.99. The maximum atomic E-state index is 12.6. The lowest BCUT2D eigenvalue weighted by molar-refractivity contribution is -0.138. The van der Waals surface area contributed by atoms with Crippen molar-refractivity contribution in [1.82, 2.24) is 14.7 Å². The molecule has 24 heavy (non-hydrogen) atoms. The number of hydrogen-bond acceptors (Lipinski definition) is 4. The van der Waals surface area contributed by atoms with E-state index in [1.54, 1.807) is 0 Å². The number of amides is 1. The molecule has 0 bridgehead atoms. The molecule has 0 N–H and O–H groups in total. The van der Waals surface area contributed by atoms with Crippen LogP contribution < -0.4 is 0 Å². The van der Waals surface area contributed by atoms with E-state index in [-0.39, 0.29) is 18.1 Å². The third kappa shape index (κ3) is 4.09. The molecule has 5 nitrogen and oxygen atoms in total. The Labute approximate surface area is 149 Å². The second kappa shape index (κ2) is 7.83. The Morgan fingerprint density at radius 2 is 1.96 bits per heavy atom. The van der Waals surface area contributed by atoms with Crippen molar-refractivity contribution >= 4 is 17.5 Å². The fraction of sp³-hybridized carbons (Fsp3) is 0.611. The number of likely N-dealkylation sites (N-methyl/N-ethyl adjacent to an activating group) is 1. The molecular formula is C18H26ClN3O2. The van der Waals surface area contributed by atoms with Gasteiger partial charge >= 0.3 is 0 Å². The van der Waals surface area contributed by atoms with Crippen LogP contribution in [0.1, 0.15) is 18.6 Å². The van der Waals surface area contributed by atoms with Crippen molar-refractivity contribution in [2.45, 2.75) is 19.1 Å². The van der Waals surface area contributed by atoms with Gasteiger partial charge in [0.1, 0.15) is 0 Å². The average Bonchev–Trinajstić information content (AvgIpc) is 2.58. The summed E-state index contributed by atoms with van der Waals surface area (Å²) < 4.78 is 5.97. The standard InChI is InChI=1S/C18H26ClN3O2/c1-14-13-24-17(15-5-3-4-6-16(15)19)11-22(14)12-18(23)21-9-7-20(2)8-10-21/h3-6,14,17H,7-13H2,1-2H3/t14-,17-/m0/s1. The summed E-state index contributed by atoms with van der Waals surface area (Å²) in [5, 5.41) is 0.724. The van der Waals surface area contributed by atoms with Gasteiger partial charge in [-0.2, -0.15) is 0 Å². The number of carbonyl (C=O) groups excluding carboxylic acids is 1. The number of carbonyl (C=O) groups is 1. The molecule has 0 radical (unpaired) electrons. The minimum Gasteiger partial charge on any atom is -0.371 e. The highest BCUT2D eigenvalue weighted by Crippen LogP contribution is 2.29. The molecule has 1 aromatic carbocycles. The number of hydrogen-bond donors (Lipinski definition) is 0. The highest BCUT2D eigenvalue weighted by Gasteiger charge is 2.31. The van der Waals surface area contributed by atoms with Gasteiger partial charge in [-0.1, -0.05) is 29.8 Å². The highest BCUT2D eigenvalue weighted by molar-refractivity contribution is 6.31. The van der Waals surface area contributed by atoms with Crippen molar-refractivity contribution in [3.8, 4) is 0 Å². The SMILES string of the molecule is C[C@H]1CO[C@H](c2ccccc2Cl)CN1CC(=O)N1CCN(C)CC1. The first-order valence-electron chi connectivity index (χ1n) is 8.61. The second-order valence-electron chi connectivity index (χ2n) is 6.81. The van der Waals surface area contributed by atoms with Crippen molar-refractivity contribution in [1.29, 1.82) is 0 Å². The van der Waals surface area contributed by atoms with E-state index in [0.29, 0.717) is 19.7 Å². The van der Waals surface area contributed by atoms with Gasteiger partial charge in [-0.3, -0.25) is 9.69 Å². The van der Waals surface area contributed by atoms with E-state index in [1.807, 2.05) is 29.2 Å². The van der Waals surface area contributed by atoms with Gasteiger partial charge in [-0.15, -0.1) is 0 Å². The minimum absolute atomic E-state index is 0.0739. The fourth-order valence-corrected chi connectivity index (χ4v) is 3.54. The van der Waals surface area contributed by atoms with Crippen LogP contribution in [0.3, 0.4) is 0 Å². The van der Waals surface area contributed by atoms with Crippen molar-refractivity contribution < 1.29 is 9.53 Å². The van der Waals surface area contributed by atoms with Gasteiger partial charge in [0.2, 0.25) is 5.91 Å². The summed E-state index contributed by atoms with van der Waals surface area (Å²) in [7, 11) is 2.10. The molecule has 0 spiro atoms. The number of nitrogens with zero attached hydrogens (tertiary/aromatic N) is 3. The lowest BCUT2D eigenvalue weighted by atomic mass is 10.1. The van der Waals surface area contributed by atoms with Gasteiger partial charge in [0.05, 0.1) is 19.3 Å². The van der Waals surface area contributed by atoms with Gasteiger partial charge in [0.25, 0.3) is 0 Å². The molecule has 1 amide bonds. The molecule has 132 valence electrons. The van der Waals surface area contributed by atoms with Crippen molar-refractivity contribution in [2.24, 2.45) is 0 Å². The third-order valence-corrected chi connectivity index (χ3v) is 5.35. The van der Waals surface area contributed by atoms with Crippen LogP contribution in [0, 0.1) is 0 Å². The van der Waals surface area contributed by atoms with Crippen LogP contribution in [-0.4, -0.2) is 79.6 Å². The zero-order valence-corrected chi connectivity index (χ0v) is 15.2. The van der Waals surface area contributed by atoms with Gasteiger partial charge in [0, 0.05) is 49.4 Å². The minimum atomic E-state index is -0.0739. The van der Waals surface area contributed by atoms with Crippen LogP contribution in [0.15, 0.2) is 24.3 Å². The number of halogens is 1. The molecule has 3 rings (SSSR count). The molecule has 2 aliphatic rings. The first-order chi connectivity index (χ1) is 11.5. The van der Waals surface area contributed by atoms with Crippen LogP contribution >= 0.6 is 11.6 Å². The van der Waals surface area contributed by atoms with E-state index in [4.69, 9.17) is 16.3 Å². The number of piperazine rings is 1. The fourth-order valence-electron chi connectivity index (χ4n) is 3.28. The molecule has 0 saturated carbocycles. The Bertz CT molecular complexity index is 575. The van der Waals surface area contributed by atoms with E-state index < -0.39 is 0 Å². The van der Waals surface area contributed by atoms with Crippen LogP contribution in [0.4, 0.5) is 0 Å². The van der Waals surface area contributed by atoms with Crippen molar-refractivity contribution in [2.75, 3.05) is 52.9 Å². The molecule has 2 saturated heterocycles. The quantitative estimate of drug-likeness (QED) is 0.833. The number of ether oxygens (including phenoxy) is 1. The maximum absolute atomic E-state index is 12.6. The third-order valence-electron chi connectivity index (χ3n) is 5.01. The number of benzene rings is 1. The largest absolute Gasteiger partial charge is 0.371 e. The van der Waals surface area contributed by atoms with E-state index >= 15 is 0 Å². The van der Waals surface area contributed by atoms with Crippen LogP contribution in [-0.2, 0) is 9.53 Å². The molecule has 6 heteroatoms. The summed E-state index contributed by atoms with van der Waals surface area (Å²) in [6, 6.07) is 8.02. The summed E-state index contributed by atoms with van der Waals surface area (Å²) in [5.41, 5.74) is 1.00. The topological polar surface area (TPSA) is 36.0 Å². The average molecular weight is 352 g/mol. The predicted octanol–water partition coefficient (Wildman–Crippen LogP) is 1.88. The van der Waals surface area contributed by atoms with E-state index in [9.17, 15) is 4.79 Å². The summed E-state index contributed by atoms with van der Waals surface area (Å²) in [5.74, 6) is 0.217. The zero-order chi connectivity index (χ0) is 17.1. The summed E-state index contributed by atoms with van der Waals surface area (Å²) in [6.45, 7) is 7.43. The van der Waals surface area contributed by atoms with Crippen LogP contribution in [0.2, 0.25) is 5.02 Å². The Morgan fingerprint density at radius 1 is 1.25 bits per heavy atom. The molecule has 0 aromatic heterocycles. The summed E-state index contributed by atoms with van der Waals surface area (Å²) in [6.07, 6.45) is -0.0739. The number of morpholine rings is 1. The van der Waals surface area contributed by atoms with Crippen LogP contribution in [0.5, 0.6) is 0 Å². The molecule has 2 aliphatic heterocycles.